The molecule has 24 heavy (non-hydrogen) atoms. The Morgan fingerprint density at radius 2 is 1.42 bits per heavy atom. The van der Waals surface area contributed by atoms with Crippen LogP contribution in [0.5, 0.6) is 0 Å². The third-order valence-electron chi connectivity index (χ3n) is 4.65. The maximum Gasteiger partial charge on any atom is 4.00 e. The van der Waals surface area contributed by atoms with Crippen molar-refractivity contribution in [1.82, 2.24) is 0 Å². The first-order valence-corrected chi connectivity index (χ1v) is 8.13. The number of rotatable bonds is 0. The molecular weight excluding hydrogens is 435 g/mol. The molecule has 3 aromatic carbocycles. The van der Waals surface area contributed by atoms with E-state index in [0.717, 1.165) is 0 Å². The van der Waals surface area contributed by atoms with Crippen molar-refractivity contribution in [3.63, 3.8) is 0 Å². The van der Waals surface area contributed by atoms with Crippen LogP contribution in [0.4, 0.5) is 0 Å². The average Bonchev–Trinajstić information content (AvgIpc) is 2.91. The fraction of sp³-hybridized carbons (Fsp3) is 0.273. The van der Waals surface area contributed by atoms with Gasteiger partial charge in [0.05, 0.1) is 0 Å². The van der Waals surface area contributed by atoms with Gasteiger partial charge in [0.1, 0.15) is 0 Å². The van der Waals surface area contributed by atoms with E-state index < -0.39 is 0 Å². The molecule has 0 aromatic heterocycles. The van der Waals surface area contributed by atoms with Gasteiger partial charge >= 0.3 is 26.2 Å². The summed E-state index contributed by atoms with van der Waals surface area (Å²) in [5.41, 5.74) is 8.66. The number of aryl methyl sites for hydroxylation is 1. The summed E-state index contributed by atoms with van der Waals surface area (Å²) >= 11 is 3.51. The summed E-state index contributed by atoms with van der Waals surface area (Å²) in [5, 5.41) is 2.63. The van der Waals surface area contributed by atoms with Crippen molar-refractivity contribution in [2.45, 2.75) is 41.5 Å². The van der Waals surface area contributed by atoms with Crippen LogP contribution < -0.4 is 0 Å². The van der Waals surface area contributed by atoms with Crippen molar-refractivity contribution in [3.05, 3.63) is 83.0 Å². The van der Waals surface area contributed by atoms with E-state index in [9.17, 15) is 0 Å². The van der Waals surface area contributed by atoms with Crippen LogP contribution in [-0.4, -0.2) is 0 Å². The van der Waals surface area contributed by atoms with E-state index in [0.29, 0.717) is 0 Å². The van der Waals surface area contributed by atoms with Gasteiger partial charge in [-0.1, -0.05) is 63.5 Å². The van der Waals surface area contributed by atoms with E-state index in [2.05, 4.69) is 87.8 Å². The SMILES string of the molecule is Cc1c(C)c(C)[c-](C)c1C.Cc1cc2c(Br)cccc2[cH-]1.[CH3-].[CH3-].[Zr+4]. The van der Waals surface area contributed by atoms with Gasteiger partial charge in [0.15, 0.2) is 0 Å². The Morgan fingerprint density at radius 3 is 1.79 bits per heavy atom. The van der Waals surface area contributed by atoms with Crippen LogP contribution in [0.25, 0.3) is 10.8 Å². The van der Waals surface area contributed by atoms with Crippen LogP contribution in [0.2, 0.25) is 0 Å². The van der Waals surface area contributed by atoms with Gasteiger partial charge in [-0.2, -0.15) is 33.9 Å². The quantitative estimate of drug-likeness (QED) is 0.303. The van der Waals surface area contributed by atoms with E-state index >= 15 is 0 Å². The molecule has 0 aliphatic heterocycles. The van der Waals surface area contributed by atoms with Crippen molar-refractivity contribution in [1.29, 1.82) is 0 Å². The summed E-state index contributed by atoms with van der Waals surface area (Å²) < 4.78 is 1.18. The molecule has 0 saturated carbocycles. The summed E-state index contributed by atoms with van der Waals surface area (Å²) in [6.07, 6.45) is 0. The summed E-state index contributed by atoms with van der Waals surface area (Å²) in [6.45, 7) is 13.1. The van der Waals surface area contributed by atoms with E-state index in [-0.39, 0.29) is 41.1 Å². The van der Waals surface area contributed by atoms with Crippen LogP contribution in [-0.2, 0) is 26.2 Å². The summed E-state index contributed by atoms with van der Waals surface area (Å²) in [7, 11) is 0. The predicted molar refractivity (Wildman–Crippen MR) is 111 cm³/mol. The van der Waals surface area contributed by atoms with Crippen molar-refractivity contribution >= 4 is 26.7 Å². The maximum absolute atomic E-state index is 3.51. The molecule has 128 valence electrons. The number of fused-ring (bicyclic) bond motifs is 1. The number of hydrogen-bond acceptors (Lipinski definition) is 0. The first kappa shape index (κ1) is 25.8. The number of benzene rings is 1. The monoisotopic (exact) mass is 462 g/mol. The van der Waals surface area contributed by atoms with E-state index in [1.165, 1.54) is 48.6 Å². The van der Waals surface area contributed by atoms with Crippen LogP contribution in [0.3, 0.4) is 0 Å². The van der Waals surface area contributed by atoms with Crippen LogP contribution in [0.1, 0.15) is 33.4 Å². The molecule has 3 rings (SSSR count). The zero-order chi connectivity index (χ0) is 15.7. The molecule has 0 fully saturated rings. The minimum Gasteiger partial charge on any atom is -0.358 e. The Hall–Kier alpha value is -0.457. The molecule has 0 spiro atoms. The van der Waals surface area contributed by atoms with Crippen LogP contribution in [0, 0.1) is 56.4 Å². The van der Waals surface area contributed by atoms with Gasteiger partial charge in [0, 0.05) is 0 Å². The molecule has 0 nitrogen and oxygen atoms in total. The Morgan fingerprint density at radius 1 is 0.917 bits per heavy atom. The van der Waals surface area contributed by atoms with Crippen molar-refractivity contribution in [2.75, 3.05) is 0 Å². The van der Waals surface area contributed by atoms with Crippen molar-refractivity contribution in [3.8, 4) is 0 Å². The number of hydrogen-bond donors (Lipinski definition) is 0. The largest absolute Gasteiger partial charge is 4.00 e. The minimum absolute atomic E-state index is 0. The molecular formula is C22H29BrZr. The van der Waals surface area contributed by atoms with Crippen molar-refractivity contribution in [2.24, 2.45) is 0 Å². The van der Waals surface area contributed by atoms with Gasteiger partial charge in [-0.3, -0.25) is 0 Å². The van der Waals surface area contributed by atoms with Gasteiger partial charge in [-0.25, -0.2) is 0 Å². The van der Waals surface area contributed by atoms with E-state index in [1.54, 1.807) is 0 Å². The Kier molecular flexibility index (Phi) is 11.3. The van der Waals surface area contributed by atoms with E-state index in [4.69, 9.17) is 0 Å². The van der Waals surface area contributed by atoms with Gasteiger partial charge < -0.3 is 14.9 Å². The molecule has 0 saturated heterocycles. The Balaban J connectivity index is 0. The molecule has 0 atom stereocenters. The zero-order valence-corrected chi connectivity index (χ0v) is 20.3. The van der Waals surface area contributed by atoms with Crippen LogP contribution >= 0.6 is 15.9 Å². The molecule has 0 aliphatic rings. The molecule has 3 aromatic rings. The fourth-order valence-electron chi connectivity index (χ4n) is 2.75. The molecule has 0 radical (unpaired) electrons. The third kappa shape index (κ3) is 5.27. The summed E-state index contributed by atoms with van der Waals surface area (Å²) in [5.74, 6) is 0. The summed E-state index contributed by atoms with van der Waals surface area (Å²) in [6, 6.07) is 10.7. The fourth-order valence-corrected chi connectivity index (χ4v) is 3.25. The van der Waals surface area contributed by atoms with Crippen LogP contribution in [0.15, 0.2) is 34.8 Å². The zero-order valence-electron chi connectivity index (χ0n) is 16.3. The molecule has 0 aliphatic carbocycles. The molecule has 0 amide bonds. The normalized spacial score (nSPS) is 9.29. The second kappa shape index (κ2) is 10.5. The first-order chi connectivity index (χ1) is 9.82. The second-order valence-corrected chi connectivity index (χ2v) is 6.75. The average molecular weight is 465 g/mol. The third-order valence-corrected chi connectivity index (χ3v) is 5.35. The smallest absolute Gasteiger partial charge is 0.358 e. The molecule has 0 bridgehead atoms. The second-order valence-electron chi connectivity index (χ2n) is 5.90. The first-order valence-electron chi connectivity index (χ1n) is 7.34. The topological polar surface area (TPSA) is 0 Å². The van der Waals surface area contributed by atoms with E-state index in [1.807, 2.05) is 0 Å². The van der Waals surface area contributed by atoms with Gasteiger partial charge in [0.25, 0.3) is 0 Å². The molecule has 0 unspecified atom stereocenters. The van der Waals surface area contributed by atoms with Gasteiger partial charge in [-0.15, -0.1) is 34.5 Å². The summed E-state index contributed by atoms with van der Waals surface area (Å²) in [4.78, 5) is 0. The predicted octanol–water partition coefficient (Wildman–Crippen LogP) is 7.48. The molecule has 0 heterocycles. The Labute approximate surface area is 176 Å². The standard InChI is InChI=1S/C10H8Br.C10H15.2CH3.Zr/c1-7-5-8-3-2-4-10(11)9(8)6-7;1-6-7(2)9(4)10(5)8(6)3;;;/h2-6H,1H3;1-5H3;2*1H3;/q4*-1;+4. The molecule has 2 heteroatoms. The van der Waals surface area contributed by atoms with Gasteiger partial charge in [-0.05, 0) is 4.47 Å². The number of halogens is 1. The Bertz CT molecular complexity index is 695. The molecule has 0 N–H and O–H groups in total. The van der Waals surface area contributed by atoms with Gasteiger partial charge in [0.2, 0.25) is 0 Å². The minimum atomic E-state index is 0. The maximum atomic E-state index is 3.51. The van der Waals surface area contributed by atoms with Crippen molar-refractivity contribution < 1.29 is 26.2 Å².